The average Bonchev–Trinajstić information content (AvgIpc) is 3.13. The summed E-state index contributed by atoms with van der Waals surface area (Å²) >= 11 is 0. The van der Waals surface area contributed by atoms with E-state index in [2.05, 4.69) is 18.7 Å². The third-order valence-corrected chi connectivity index (χ3v) is 6.58. The summed E-state index contributed by atoms with van der Waals surface area (Å²) < 4.78 is 16.4. The second-order valence-electron chi connectivity index (χ2n) is 8.54. The highest BCUT2D eigenvalue weighted by molar-refractivity contribution is 6.46. The Morgan fingerprint density at radius 2 is 1.69 bits per heavy atom. The van der Waals surface area contributed by atoms with Gasteiger partial charge in [0.1, 0.15) is 11.5 Å². The predicted octanol–water partition coefficient (Wildman–Crippen LogP) is 4.17. The second kappa shape index (κ2) is 11.9. The van der Waals surface area contributed by atoms with E-state index in [0.29, 0.717) is 48.1 Å². The van der Waals surface area contributed by atoms with Crippen molar-refractivity contribution >= 4 is 17.4 Å². The Balaban J connectivity index is 2.16. The summed E-state index contributed by atoms with van der Waals surface area (Å²) in [6, 6.07) is 9.77. The molecule has 0 aromatic heterocycles. The maximum atomic E-state index is 13.4. The molecule has 194 valence electrons. The minimum absolute atomic E-state index is 0.0547. The van der Waals surface area contributed by atoms with Crippen molar-refractivity contribution in [1.82, 2.24) is 9.80 Å². The molecule has 1 unspecified atom stereocenters. The largest absolute Gasteiger partial charge is 0.507 e. The molecule has 0 radical (unpaired) electrons. The van der Waals surface area contributed by atoms with Crippen molar-refractivity contribution in [3.63, 3.8) is 0 Å². The number of carbonyl (C=O) groups is 2. The van der Waals surface area contributed by atoms with E-state index in [9.17, 15) is 14.7 Å². The van der Waals surface area contributed by atoms with Gasteiger partial charge in [-0.2, -0.15) is 0 Å². The Morgan fingerprint density at radius 3 is 2.28 bits per heavy atom. The number of methoxy groups -OCH3 is 2. The van der Waals surface area contributed by atoms with E-state index in [0.717, 1.165) is 18.7 Å². The van der Waals surface area contributed by atoms with E-state index in [1.54, 1.807) is 43.5 Å². The lowest BCUT2D eigenvalue weighted by atomic mass is 9.93. The number of ketones is 1. The van der Waals surface area contributed by atoms with Gasteiger partial charge in [-0.15, -0.1) is 0 Å². The van der Waals surface area contributed by atoms with E-state index in [1.165, 1.54) is 12.0 Å². The zero-order valence-corrected chi connectivity index (χ0v) is 22.0. The molecule has 1 fully saturated rings. The van der Waals surface area contributed by atoms with Crippen LogP contribution in [0, 0.1) is 6.92 Å². The number of likely N-dealkylation sites (N-methyl/N-ethyl adjacent to an activating group) is 1. The monoisotopic (exact) mass is 496 g/mol. The van der Waals surface area contributed by atoms with Crippen molar-refractivity contribution in [3.05, 3.63) is 58.7 Å². The molecular formula is C28H36N2O6. The van der Waals surface area contributed by atoms with Gasteiger partial charge in [-0.3, -0.25) is 9.59 Å². The molecule has 0 saturated carbocycles. The number of likely N-dealkylation sites (tertiary alicyclic amines) is 1. The second-order valence-corrected chi connectivity index (χ2v) is 8.54. The van der Waals surface area contributed by atoms with E-state index in [-0.39, 0.29) is 11.3 Å². The lowest BCUT2D eigenvalue weighted by Gasteiger charge is -2.28. The molecule has 1 N–H and O–H groups in total. The van der Waals surface area contributed by atoms with Gasteiger partial charge in [-0.05, 0) is 68.4 Å². The molecule has 1 aliphatic rings. The zero-order valence-electron chi connectivity index (χ0n) is 22.0. The molecule has 8 nitrogen and oxygen atoms in total. The van der Waals surface area contributed by atoms with Crippen LogP contribution in [0.1, 0.15) is 43.5 Å². The Hall–Kier alpha value is -3.52. The number of aryl methyl sites for hydroxylation is 1. The van der Waals surface area contributed by atoms with Gasteiger partial charge in [0.2, 0.25) is 0 Å². The fourth-order valence-corrected chi connectivity index (χ4v) is 4.57. The molecule has 1 aliphatic heterocycles. The molecule has 1 amide bonds. The van der Waals surface area contributed by atoms with Gasteiger partial charge in [-0.1, -0.05) is 19.9 Å². The molecule has 0 bridgehead atoms. The summed E-state index contributed by atoms with van der Waals surface area (Å²) in [5.41, 5.74) is 1.92. The minimum Gasteiger partial charge on any atom is -0.507 e. The van der Waals surface area contributed by atoms with Gasteiger partial charge in [0.25, 0.3) is 11.7 Å². The third kappa shape index (κ3) is 5.33. The molecule has 1 heterocycles. The number of rotatable bonds is 11. The summed E-state index contributed by atoms with van der Waals surface area (Å²) in [6.07, 6.45) is 0. The normalized spacial score (nSPS) is 17.1. The van der Waals surface area contributed by atoms with Gasteiger partial charge in [0.05, 0.1) is 32.4 Å². The zero-order chi connectivity index (χ0) is 26.4. The quantitative estimate of drug-likeness (QED) is 0.284. The van der Waals surface area contributed by atoms with Gasteiger partial charge in [0, 0.05) is 18.7 Å². The Labute approximate surface area is 213 Å². The number of Topliss-reactive ketones (excluding diaryl/α,β-unsaturated/α-hetero) is 1. The molecule has 8 heteroatoms. The molecule has 36 heavy (non-hydrogen) atoms. The smallest absolute Gasteiger partial charge is 0.295 e. The highest BCUT2D eigenvalue weighted by Crippen LogP contribution is 2.42. The fourth-order valence-electron chi connectivity index (χ4n) is 4.57. The van der Waals surface area contributed by atoms with E-state index in [1.807, 2.05) is 13.8 Å². The first-order chi connectivity index (χ1) is 17.3. The number of benzene rings is 2. The standard InChI is InChI=1S/C28H36N2O6/c1-7-29(8-2)14-15-30-25(19-10-13-22(34-5)23(17-19)35-6)24(27(32)28(30)33)26(31)21-12-11-20(36-9-3)16-18(21)4/h10-13,16-17,25,31H,7-9,14-15H2,1-6H3/b26-24-. The summed E-state index contributed by atoms with van der Waals surface area (Å²) in [4.78, 5) is 30.3. The lowest BCUT2D eigenvalue weighted by molar-refractivity contribution is -0.140. The van der Waals surface area contributed by atoms with E-state index in [4.69, 9.17) is 14.2 Å². The summed E-state index contributed by atoms with van der Waals surface area (Å²) in [7, 11) is 3.07. The molecule has 2 aromatic carbocycles. The van der Waals surface area contributed by atoms with Crippen molar-refractivity contribution in [2.45, 2.75) is 33.7 Å². The van der Waals surface area contributed by atoms with Crippen LogP contribution in [0.25, 0.3) is 5.76 Å². The highest BCUT2D eigenvalue weighted by Gasteiger charge is 2.46. The molecule has 1 saturated heterocycles. The average molecular weight is 497 g/mol. The number of aliphatic hydroxyl groups is 1. The molecule has 0 aliphatic carbocycles. The Morgan fingerprint density at radius 1 is 1.00 bits per heavy atom. The van der Waals surface area contributed by atoms with Crippen molar-refractivity contribution in [2.24, 2.45) is 0 Å². The number of hydrogen-bond acceptors (Lipinski definition) is 7. The SMILES string of the molecule is CCOc1ccc(/C(O)=C2/C(=O)C(=O)N(CCN(CC)CC)C2c2ccc(OC)c(OC)c2)c(C)c1. The maximum Gasteiger partial charge on any atom is 0.295 e. The van der Waals surface area contributed by atoms with Crippen molar-refractivity contribution in [1.29, 1.82) is 0 Å². The van der Waals surface area contributed by atoms with Crippen LogP contribution in [0.3, 0.4) is 0 Å². The topological polar surface area (TPSA) is 88.5 Å². The number of aliphatic hydroxyl groups excluding tert-OH is 1. The first-order valence-electron chi connectivity index (χ1n) is 12.3. The van der Waals surface area contributed by atoms with Crippen LogP contribution in [-0.2, 0) is 9.59 Å². The first kappa shape index (κ1) is 27.1. The Kier molecular flexibility index (Phi) is 8.98. The molecule has 3 rings (SSSR count). The highest BCUT2D eigenvalue weighted by atomic mass is 16.5. The number of carbonyl (C=O) groups excluding carboxylic acids is 2. The molecule has 0 spiro atoms. The molecular weight excluding hydrogens is 460 g/mol. The number of ether oxygens (including phenoxy) is 3. The minimum atomic E-state index is -0.772. The van der Waals surface area contributed by atoms with Gasteiger partial charge in [-0.25, -0.2) is 0 Å². The van der Waals surface area contributed by atoms with Gasteiger partial charge >= 0.3 is 0 Å². The third-order valence-electron chi connectivity index (χ3n) is 6.58. The Bertz CT molecular complexity index is 1140. The number of nitrogens with zero attached hydrogens (tertiary/aromatic N) is 2. The molecule has 1 atom stereocenters. The van der Waals surface area contributed by atoms with Crippen molar-refractivity contribution < 1.29 is 28.9 Å². The number of hydrogen-bond donors (Lipinski definition) is 1. The van der Waals surface area contributed by atoms with Crippen molar-refractivity contribution in [2.75, 3.05) is 47.0 Å². The summed E-state index contributed by atoms with van der Waals surface area (Å²) in [5, 5.41) is 11.4. The summed E-state index contributed by atoms with van der Waals surface area (Å²) in [5.74, 6) is 0.124. The van der Waals surface area contributed by atoms with Crippen LogP contribution >= 0.6 is 0 Å². The van der Waals surface area contributed by atoms with Crippen LogP contribution < -0.4 is 14.2 Å². The van der Waals surface area contributed by atoms with Crippen LogP contribution in [0.2, 0.25) is 0 Å². The number of amides is 1. The van der Waals surface area contributed by atoms with Crippen LogP contribution in [0.4, 0.5) is 0 Å². The van der Waals surface area contributed by atoms with Gasteiger partial charge < -0.3 is 29.1 Å². The van der Waals surface area contributed by atoms with Crippen LogP contribution in [0.5, 0.6) is 17.2 Å². The first-order valence-corrected chi connectivity index (χ1v) is 12.3. The summed E-state index contributed by atoms with van der Waals surface area (Å²) in [6.45, 7) is 10.9. The predicted molar refractivity (Wildman–Crippen MR) is 139 cm³/mol. The maximum absolute atomic E-state index is 13.4. The van der Waals surface area contributed by atoms with Gasteiger partial charge in [0.15, 0.2) is 11.5 Å². The van der Waals surface area contributed by atoms with E-state index < -0.39 is 17.7 Å². The van der Waals surface area contributed by atoms with E-state index >= 15 is 0 Å². The van der Waals surface area contributed by atoms with Crippen LogP contribution in [-0.4, -0.2) is 73.6 Å². The van der Waals surface area contributed by atoms with Crippen molar-refractivity contribution in [3.8, 4) is 17.2 Å². The fraction of sp³-hybridized carbons (Fsp3) is 0.429. The molecule has 2 aromatic rings. The lowest BCUT2D eigenvalue weighted by Crippen LogP contribution is -2.38. The van der Waals surface area contributed by atoms with Crippen LogP contribution in [0.15, 0.2) is 42.0 Å².